The maximum absolute atomic E-state index is 13.2. The number of anilines is 1. The second-order valence-electron chi connectivity index (χ2n) is 5.52. The van der Waals surface area contributed by atoms with E-state index in [0.717, 1.165) is 33.8 Å². The number of nitrogens with one attached hydrogen (secondary N) is 1. The minimum absolute atomic E-state index is 0.0565. The zero-order valence-electron chi connectivity index (χ0n) is 13.7. The summed E-state index contributed by atoms with van der Waals surface area (Å²) < 4.78 is 52.2. The smallest absolute Gasteiger partial charge is 0.257 e. The van der Waals surface area contributed by atoms with Crippen molar-refractivity contribution in [2.24, 2.45) is 0 Å². The molecule has 0 aliphatic carbocycles. The van der Waals surface area contributed by atoms with Gasteiger partial charge in [0.15, 0.2) is 16.8 Å². The predicted octanol–water partition coefficient (Wildman–Crippen LogP) is 3.08. The molecule has 0 saturated carbocycles. The molecule has 0 aliphatic heterocycles. The number of halogens is 2. The molecular weight excluding hydrogens is 384 g/mol. The van der Waals surface area contributed by atoms with Gasteiger partial charge in [0.05, 0.1) is 15.1 Å². The van der Waals surface area contributed by atoms with Gasteiger partial charge in [0.25, 0.3) is 5.91 Å². The van der Waals surface area contributed by atoms with E-state index in [-0.39, 0.29) is 15.6 Å². The van der Waals surface area contributed by atoms with Gasteiger partial charge in [-0.25, -0.2) is 26.5 Å². The van der Waals surface area contributed by atoms with Crippen molar-refractivity contribution >= 4 is 42.6 Å². The fourth-order valence-electron chi connectivity index (χ4n) is 2.14. The van der Waals surface area contributed by atoms with Crippen molar-refractivity contribution in [2.45, 2.75) is 4.90 Å². The number of aromatic nitrogens is 1. The Bertz CT molecular complexity index is 1110. The van der Waals surface area contributed by atoms with E-state index >= 15 is 0 Å². The number of sulfonamides is 1. The van der Waals surface area contributed by atoms with Crippen molar-refractivity contribution < 1.29 is 22.0 Å². The standard InChI is InChI=1S/C16H13F2N3O3S2/c1-21(2)26(23,24)10-4-6-13-14(8-10)25-16(19-13)20-15(22)9-3-5-11(17)12(18)7-9/h3-8H,1-2H3,(H,19,20,22). The molecule has 3 aromatic rings. The van der Waals surface area contributed by atoms with Gasteiger partial charge >= 0.3 is 0 Å². The van der Waals surface area contributed by atoms with Gasteiger partial charge in [-0.05, 0) is 36.4 Å². The van der Waals surface area contributed by atoms with E-state index < -0.39 is 27.6 Å². The monoisotopic (exact) mass is 397 g/mol. The summed E-state index contributed by atoms with van der Waals surface area (Å²) in [6.07, 6.45) is 0. The third-order valence-corrected chi connectivity index (χ3v) is 6.29. The molecular formula is C16H13F2N3O3S2. The lowest BCUT2D eigenvalue weighted by atomic mass is 10.2. The number of fused-ring (bicyclic) bond motifs is 1. The maximum Gasteiger partial charge on any atom is 0.257 e. The molecule has 1 amide bonds. The second kappa shape index (κ2) is 6.71. The summed E-state index contributed by atoms with van der Waals surface area (Å²) in [6, 6.07) is 7.24. The Morgan fingerprint density at radius 1 is 1.12 bits per heavy atom. The highest BCUT2D eigenvalue weighted by molar-refractivity contribution is 7.89. The lowest BCUT2D eigenvalue weighted by molar-refractivity contribution is 0.102. The van der Waals surface area contributed by atoms with Crippen LogP contribution in [0.1, 0.15) is 10.4 Å². The summed E-state index contributed by atoms with van der Waals surface area (Å²) in [6.45, 7) is 0. The summed E-state index contributed by atoms with van der Waals surface area (Å²) in [5.41, 5.74) is 0.451. The van der Waals surface area contributed by atoms with Gasteiger partial charge in [-0.1, -0.05) is 11.3 Å². The minimum atomic E-state index is -3.59. The zero-order valence-corrected chi connectivity index (χ0v) is 15.3. The van der Waals surface area contributed by atoms with Crippen LogP contribution in [0.5, 0.6) is 0 Å². The van der Waals surface area contributed by atoms with Gasteiger partial charge < -0.3 is 0 Å². The molecule has 0 radical (unpaired) electrons. The van der Waals surface area contributed by atoms with Gasteiger partial charge in [0, 0.05) is 19.7 Å². The number of amides is 1. The molecule has 26 heavy (non-hydrogen) atoms. The lowest BCUT2D eigenvalue weighted by Gasteiger charge is -2.10. The number of rotatable bonds is 4. The number of carbonyl (C=O) groups is 1. The highest BCUT2D eigenvalue weighted by Gasteiger charge is 2.19. The Hall–Kier alpha value is -2.43. The van der Waals surface area contributed by atoms with Crippen molar-refractivity contribution in [2.75, 3.05) is 19.4 Å². The largest absolute Gasteiger partial charge is 0.298 e. The molecule has 1 aromatic heterocycles. The number of carbonyl (C=O) groups excluding carboxylic acids is 1. The van der Waals surface area contributed by atoms with E-state index in [1.807, 2.05) is 0 Å². The molecule has 3 rings (SSSR count). The van der Waals surface area contributed by atoms with Gasteiger partial charge in [-0.3, -0.25) is 10.1 Å². The van der Waals surface area contributed by atoms with Crippen LogP contribution in [-0.2, 0) is 10.0 Å². The Balaban J connectivity index is 1.89. The molecule has 10 heteroatoms. The Labute approximate surface area is 152 Å². The normalized spacial score (nSPS) is 11.9. The van der Waals surface area contributed by atoms with E-state index in [1.54, 1.807) is 0 Å². The van der Waals surface area contributed by atoms with Gasteiger partial charge in [0.1, 0.15) is 0 Å². The molecule has 0 spiro atoms. The van der Waals surface area contributed by atoms with E-state index in [9.17, 15) is 22.0 Å². The van der Waals surface area contributed by atoms with Crippen LogP contribution in [-0.4, -0.2) is 37.7 Å². The first-order valence-corrected chi connectivity index (χ1v) is 9.53. The fraction of sp³-hybridized carbons (Fsp3) is 0.125. The lowest BCUT2D eigenvalue weighted by Crippen LogP contribution is -2.22. The Morgan fingerprint density at radius 2 is 1.85 bits per heavy atom. The third kappa shape index (κ3) is 3.43. The van der Waals surface area contributed by atoms with Crippen molar-refractivity contribution in [3.63, 3.8) is 0 Å². The zero-order chi connectivity index (χ0) is 19.1. The van der Waals surface area contributed by atoms with Crippen molar-refractivity contribution in [1.29, 1.82) is 0 Å². The Kier molecular flexibility index (Phi) is 4.74. The highest BCUT2D eigenvalue weighted by atomic mass is 32.2. The quantitative estimate of drug-likeness (QED) is 0.734. The number of benzene rings is 2. The first-order valence-electron chi connectivity index (χ1n) is 7.28. The molecule has 1 heterocycles. The first-order chi connectivity index (χ1) is 12.2. The molecule has 2 aromatic carbocycles. The number of hydrogen-bond donors (Lipinski definition) is 1. The van der Waals surface area contributed by atoms with Crippen molar-refractivity contribution in [1.82, 2.24) is 9.29 Å². The van der Waals surface area contributed by atoms with E-state index in [4.69, 9.17) is 0 Å². The molecule has 0 unspecified atom stereocenters. The number of thiazole rings is 1. The second-order valence-corrected chi connectivity index (χ2v) is 8.70. The van der Waals surface area contributed by atoms with Crippen LogP contribution < -0.4 is 5.32 Å². The van der Waals surface area contributed by atoms with Crippen LogP contribution in [0.2, 0.25) is 0 Å². The summed E-state index contributed by atoms with van der Waals surface area (Å²) in [5.74, 6) is -2.82. The van der Waals surface area contributed by atoms with Crippen LogP contribution in [0, 0.1) is 11.6 Å². The average Bonchev–Trinajstić information content (AvgIpc) is 2.98. The summed E-state index contributed by atoms with van der Waals surface area (Å²) in [7, 11) is -0.726. The molecule has 6 nitrogen and oxygen atoms in total. The van der Waals surface area contributed by atoms with Crippen molar-refractivity contribution in [3.8, 4) is 0 Å². The summed E-state index contributed by atoms with van der Waals surface area (Å²) >= 11 is 1.08. The topological polar surface area (TPSA) is 79.4 Å². The van der Waals surface area contributed by atoms with Crippen LogP contribution in [0.3, 0.4) is 0 Å². The van der Waals surface area contributed by atoms with Gasteiger partial charge in [-0.2, -0.15) is 0 Å². The average molecular weight is 397 g/mol. The van der Waals surface area contributed by atoms with E-state index in [2.05, 4.69) is 10.3 Å². The number of hydrogen-bond acceptors (Lipinski definition) is 5. The van der Waals surface area contributed by atoms with Crippen LogP contribution in [0.25, 0.3) is 10.2 Å². The molecule has 1 N–H and O–H groups in total. The molecule has 0 saturated heterocycles. The Morgan fingerprint density at radius 3 is 2.50 bits per heavy atom. The molecule has 0 aliphatic rings. The first kappa shape index (κ1) is 18.4. The summed E-state index contributed by atoms with van der Waals surface area (Å²) in [4.78, 5) is 16.4. The maximum atomic E-state index is 13.2. The fourth-order valence-corrected chi connectivity index (χ4v) is 4.04. The van der Waals surface area contributed by atoms with Gasteiger partial charge in [-0.15, -0.1) is 0 Å². The van der Waals surface area contributed by atoms with Crippen LogP contribution in [0.15, 0.2) is 41.3 Å². The summed E-state index contributed by atoms with van der Waals surface area (Å²) in [5, 5.41) is 2.71. The van der Waals surface area contributed by atoms with Crippen molar-refractivity contribution in [3.05, 3.63) is 53.6 Å². The van der Waals surface area contributed by atoms with E-state index in [1.165, 1.54) is 32.3 Å². The van der Waals surface area contributed by atoms with E-state index in [0.29, 0.717) is 10.2 Å². The molecule has 0 fully saturated rings. The molecule has 136 valence electrons. The number of nitrogens with zero attached hydrogens (tertiary/aromatic N) is 2. The van der Waals surface area contributed by atoms with Crippen LogP contribution >= 0.6 is 11.3 Å². The van der Waals surface area contributed by atoms with Crippen LogP contribution in [0.4, 0.5) is 13.9 Å². The van der Waals surface area contributed by atoms with Gasteiger partial charge in [0.2, 0.25) is 10.0 Å². The SMILES string of the molecule is CN(C)S(=O)(=O)c1ccc2nc(NC(=O)c3ccc(F)c(F)c3)sc2c1. The third-order valence-electron chi connectivity index (χ3n) is 3.54. The highest BCUT2D eigenvalue weighted by Crippen LogP contribution is 2.29. The minimum Gasteiger partial charge on any atom is -0.298 e. The molecule has 0 bridgehead atoms. The predicted molar refractivity (Wildman–Crippen MR) is 94.8 cm³/mol. The molecule has 0 atom stereocenters.